The number of amides is 1. The highest BCUT2D eigenvalue weighted by molar-refractivity contribution is 7.14. The maximum atomic E-state index is 12.4. The summed E-state index contributed by atoms with van der Waals surface area (Å²) >= 11 is 7.55. The van der Waals surface area contributed by atoms with Crippen LogP contribution in [0.4, 0.5) is 5.69 Å². The van der Waals surface area contributed by atoms with Gasteiger partial charge in [-0.15, -0.1) is 11.3 Å². The Labute approximate surface area is 174 Å². The zero-order chi connectivity index (χ0) is 20.3. The minimum Gasteiger partial charge on any atom is -0.495 e. The van der Waals surface area contributed by atoms with Gasteiger partial charge in [-0.1, -0.05) is 24.9 Å². The van der Waals surface area contributed by atoms with Crippen LogP contribution in [0.2, 0.25) is 5.02 Å². The first-order valence-electron chi connectivity index (χ1n) is 9.34. The first kappa shape index (κ1) is 20.7. The van der Waals surface area contributed by atoms with E-state index in [1.165, 1.54) is 35.3 Å². The second kappa shape index (κ2) is 8.97. The monoisotopic (exact) mass is 421 g/mol. The van der Waals surface area contributed by atoms with Crippen molar-refractivity contribution >= 4 is 40.5 Å². The molecular formula is C21H24ClNO4S. The molecule has 0 fully saturated rings. The van der Waals surface area contributed by atoms with E-state index in [0.29, 0.717) is 27.3 Å². The molecule has 1 N–H and O–H groups in total. The number of carbonyl (C=O) groups excluding carboxylic acids is 2. The highest BCUT2D eigenvalue weighted by Crippen LogP contribution is 2.34. The molecule has 0 aliphatic heterocycles. The van der Waals surface area contributed by atoms with Crippen LogP contribution < -0.4 is 10.1 Å². The van der Waals surface area contributed by atoms with E-state index in [1.807, 2.05) is 13.0 Å². The highest BCUT2D eigenvalue weighted by Gasteiger charge is 2.23. The number of hydrogen-bond acceptors (Lipinski definition) is 5. The summed E-state index contributed by atoms with van der Waals surface area (Å²) in [5, 5.41) is 3.25. The fourth-order valence-corrected chi connectivity index (χ4v) is 4.62. The molecular weight excluding hydrogens is 398 g/mol. The molecule has 1 aliphatic rings. The van der Waals surface area contributed by atoms with Crippen molar-refractivity contribution < 1.29 is 19.1 Å². The Morgan fingerprint density at radius 3 is 2.82 bits per heavy atom. The third-order valence-corrected chi connectivity index (χ3v) is 6.68. The van der Waals surface area contributed by atoms with Crippen molar-refractivity contribution in [2.45, 2.75) is 39.5 Å². The third-order valence-electron chi connectivity index (χ3n) is 5.05. The number of hydrogen-bond donors (Lipinski definition) is 1. The maximum Gasteiger partial charge on any atom is 0.348 e. The minimum atomic E-state index is -0.457. The lowest BCUT2D eigenvalue weighted by Crippen LogP contribution is -2.21. The van der Waals surface area contributed by atoms with Gasteiger partial charge in [0.2, 0.25) is 0 Å². The molecule has 150 valence electrons. The van der Waals surface area contributed by atoms with Gasteiger partial charge in [0, 0.05) is 16.0 Å². The summed E-state index contributed by atoms with van der Waals surface area (Å²) in [5.41, 5.74) is 2.55. The van der Waals surface area contributed by atoms with Crippen LogP contribution in [0.5, 0.6) is 5.75 Å². The molecule has 28 heavy (non-hydrogen) atoms. The van der Waals surface area contributed by atoms with Gasteiger partial charge in [-0.3, -0.25) is 4.79 Å². The van der Waals surface area contributed by atoms with Gasteiger partial charge < -0.3 is 14.8 Å². The van der Waals surface area contributed by atoms with Crippen LogP contribution in [0.25, 0.3) is 0 Å². The highest BCUT2D eigenvalue weighted by atomic mass is 35.5. The molecule has 1 aliphatic carbocycles. The number of carbonyl (C=O) groups is 2. The molecule has 0 bridgehead atoms. The Hall–Kier alpha value is -2.05. The van der Waals surface area contributed by atoms with E-state index >= 15 is 0 Å². The molecule has 0 spiro atoms. The van der Waals surface area contributed by atoms with Crippen molar-refractivity contribution in [1.29, 1.82) is 0 Å². The van der Waals surface area contributed by atoms with Crippen molar-refractivity contribution in [2.24, 2.45) is 5.92 Å². The Bertz CT molecular complexity index is 893. The normalized spacial score (nSPS) is 15.6. The van der Waals surface area contributed by atoms with Gasteiger partial charge in [-0.05, 0) is 55.4 Å². The third kappa shape index (κ3) is 4.67. The number of methoxy groups -OCH3 is 1. The lowest BCUT2D eigenvalue weighted by Gasteiger charge is -2.19. The summed E-state index contributed by atoms with van der Waals surface area (Å²) in [6, 6.07) is 5.28. The Morgan fingerprint density at radius 2 is 2.11 bits per heavy atom. The second-order valence-electron chi connectivity index (χ2n) is 7.00. The zero-order valence-electron chi connectivity index (χ0n) is 16.3. The van der Waals surface area contributed by atoms with Crippen molar-refractivity contribution in [3.8, 4) is 5.75 Å². The molecule has 7 heteroatoms. The number of anilines is 1. The predicted molar refractivity (Wildman–Crippen MR) is 112 cm³/mol. The standard InChI is InChI=1S/C21H24ClNO4S/c1-4-13-5-6-18-14(8-13)9-19(28-18)21(25)27-11-20(24)23-16-7-12(2)15(22)10-17(16)26-3/h7,9-10,13H,4-6,8,11H2,1-3H3,(H,23,24)/t13-/m0/s1. The van der Waals surface area contributed by atoms with Gasteiger partial charge in [0.1, 0.15) is 10.6 Å². The van der Waals surface area contributed by atoms with E-state index in [4.69, 9.17) is 21.1 Å². The molecule has 1 atom stereocenters. The van der Waals surface area contributed by atoms with Crippen LogP contribution in [-0.4, -0.2) is 25.6 Å². The minimum absolute atomic E-state index is 0.357. The summed E-state index contributed by atoms with van der Waals surface area (Å²) < 4.78 is 10.4. The Morgan fingerprint density at radius 1 is 1.32 bits per heavy atom. The van der Waals surface area contributed by atoms with E-state index in [9.17, 15) is 9.59 Å². The summed E-state index contributed by atoms with van der Waals surface area (Å²) in [5.74, 6) is 0.254. The van der Waals surface area contributed by atoms with Crippen LogP contribution in [0.15, 0.2) is 18.2 Å². The largest absolute Gasteiger partial charge is 0.495 e. The van der Waals surface area contributed by atoms with Crippen molar-refractivity contribution in [2.75, 3.05) is 19.0 Å². The molecule has 5 nitrogen and oxygen atoms in total. The number of halogens is 1. The fraction of sp³-hybridized carbons (Fsp3) is 0.429. The SMILES string of the molecule is CC[C@H]1CCc2sc(C(=O)OCC(=O)Nc3cc(C)c(Cl)cc3OC)cc2C1. The van der Waals surface area contributed by atoms with Gasteiger partial charge in [-0.2, -0.15) is 0 Å². The fourth-order valence-electron chi connectivity index (χ4n) is 3.37. The molecule has 1 amide bonds. The Balaban J connectivity index is 1.59. The molecule has 0 unspecified atom stereocenters. The molecule has 2 aromatic rings. The summed E-state index contributed by atoms with van der Waals surface area (Å²) in [4.78, 5) is 26.4. The number of nitrogens with one attached hydrogen (secondary N) is 1. The van der Waals surface area contributed by atoms with Crippen LogP contribution in [0.1, 0.15) is 45.4 Å². The van der Waals surface area contributed by atoms with E-state index in [0.717, 1.165) is 24.8 Å². The smallest absolute Gasteiger partial charge is 0.348 e. The average molecular weight is 422 g/mol. The quantitative estimate of drug-likeness (QED) is 0.664. The number of thiophene rings is 1. The second-order valence-corrected chi connectivity index (χ2v) is 8.55. The van der Waals surface area contributed by atoms with Gasteiger partial charge in [-0.25, -0.2) is 4.79 Å². The number of esters is 1. The number of aryl methyl sites for hydroxylation is 2. The van der Waals surface area contributed by atoms with Gasteiger partial charge in [0.15, 0.2) is 6.61 Å². The van der Waals surface area contributed by atoms with Crippen LogP contribution in [0.3, 0.4) is 0 Å². The summed E-state index contributed by atoms with van der Waals surface area (Å²) in [7, 11) is 1.50. The number of fused-ring (bicyclic) bond motifs is 1. The maximum absolute atomic E-state index is 12.4. The van der Waals surface area contributed by atoms with Crippen molar-refractivity contribution in [1.82, 2.24) is 0 Å². The number of benzene rings is 1. The zero-order valence-corrected chi connectivity index (χ0v) is 17.8. The molecule has 1 aromatic heterocycles. The van der Waals surface area contributed by atoms with Crippen LogP contribution in [0, 0.1) is 12.8 Å². The van der Waals surface area contributed by atoms with Gasteiger partial charge >= 0.3 is 5.97 Å². The summed E-state index contributed by atoms with van der Waals surface area (Å²) in [6.45, 7) is 3.68. The molecule has 0 radical (unpaired) electrons. The van der Waals surface area contributed by atoms with E-state index in [-0.39, 0.29) is 6.61 Å². The molecule has 0 saturated heterocycles. The number of ether oxygens (including phenoxy) is 2. The lowest BCUT2D eigenvalue weighted by molar-refractivity contribution is -0.119. The van der Waals surface area contributed by atoms with Crippen LogP contribution >= 0.6 is 22.9 Å². The molecule has 1 aromatic carbocycles. The van der Waals surface area contributed by atoms with E-state index in [2.05, 4.69) is 12.2 Å². The van der Waals surface area contributed by atoms with E-state index < -0.39 is 11.9 Å². The lowest BCUT2D eigenvalue weighted by atomic mass is 9.87. The summed E-state index contributed by atoms with van der Waals surface area (Å²) in [6.07, 6.45) is 4.36. The first-order chi connectivity index (χ1) is 13.4. The molecule has 0 saturated carbocycles. The predicted octanol–water partition coefficient (Wildman–Crippen LogP) is 5.03. The Kier molecular flexibility index (Phi) is 6.62. The van der Waals surface area contributed by atoms with Gasteiger partial charge in [0.25, 0.3) is 5.91 Å². The topological polar surface area (TPSA) is 64.6 Å². The van der Waals surface area contributed by atoms with E-state index in [1.54, 1.807) is 12.1 Å². The first-order valence-corrected chi connectivity index (χ1v) is 10.5. The molecule has 3 rings (SSSR count). The molecule has 1 heterocycles. The average Bonchev–Trinajstić information content (AvgIpc) is 3.12. The van der Waals surface area contributed by atoms with Crippen molar-refractivity contribution in [3.63, 3.8) is 0 Å². The van der Waals surface area contributed by atoms with Crippen LogP contribution in [-0.2, 0) is 22.4 Å². The van der Waals surface area contributed by atoms with Gasteiger partial charge in [0.05, 0.1) is 12.8 Å². The number of rotatable bonds is 6. The van der Waals surface area contributed by atoms with Crippen molar-refractivity contribution in [3.05, 3.63) is 44.1 Å².